The van der Waals surface area contributed by atoms with Crippen molar-refractivity contribution in [3.63, 3.8) is 0 Å². The Morgan fingerprint density at radius 2 is 2.05 bits per heavy atom. The highest BCUT2D eigenvalue weighted by molar-refractivity contribution is 6.30. The highest BCUT2D eigenvalue weighted by Gasteiger charge is 2.11. The van der Waals surface area contributed by atoms with Gasteiger partial charge in [0.2, 0.25) is 0 Å². The van der Waals surface area contributed by atoms with E-state index in [1.165, 1.54) is 0 Å². The van der Waals surface area contributed by atoms with E-state index in [1.807, 2.05) is 0 Å². The van der Waals surface area contributed by atoms with Crippen molar-refractivity contribution >= 4 is 23.5 Å². The van der Waals surface area contributed by atoms with E-state index in [4.69, 9.17) is 21.8 Å². The molecule has 0 unspecified atom stereocenters. The predicted octanol–water partition coefficient (Wildman–Crippen LogP) is 0.258. The third-order valence-corrected chi connectivity index (χ3v) is 2.64. The molecule has 1 heterocycles. The number of hydrogen-bond acceptors (Lipinski definition) is 2. The summed E-state index contributed by atoms with van der Waals surface area (Å²) in [5.74, 6) is 0.584. The number of benzene rings is 1. The molecule has 0 saturated heterocycles. The van der Waals surface area contributed by atoms with Gasteiger partial charge in [-0.1, -0.05) is 11.6 Å². The lowest BCUT2D eigenvalue weighted by Gasteiger charge is -1.99. The van der Waals surface area contributed by atoms with Crippen LogP contribution in [0.4, 0.5) is 0 Å². The summed E-state index contributed by atoms with van der Waals surface area (Å²) < 4.78 is 5.13. The van der Waals surface area contributed by atoms with Crippen LogP contribution in [0.15, 0.2) is 47.1 Å². The van der Waals surface area contributed by atoms with Crippen LogP contribution in [-0.2, 0) is 6.54 Å². The van der Waals surface area contributed by atoms with Gasteiger partial charge in [0.05, 0.1) is 11.8 Å². The minimum atomic E-state index is -0.305. The van der Waals surface area contributed by atoms with Gasteiger partial charge in [-0.2, -0.15) is 0 Å². The van der Waals surface area contributed by atoms with Crippen LogP contribution in [0.3, 0.4) is 0 Å². The molecule has 0 aliphatic heterocycles. The summed E-state index contributed by atoms with van der Waals surface area (Å²) >= 11 is 5.74. The first-order valence-electron chi connectivity index (χ1n) is 5.61. The summed E-state index contributed by atoms with van der Waals surface area (Å²) in [7, 11) is 0. The zero-order valence-corrected chi connectivity index (χ0v) is 10.8. The van der Waals surface area contributed by atoms with Gasteiger partial charge in [-0.3, -0.25) is 15.5 Å². The fourth-order valence-electron chi connectivity index (χ4n) is 1.44. The molecule has 2 aromatic rings. The molecule has 1 aromatic carbocycles. The van der Waals surface area contributed by atoms with Crippen LogP contribution in [0.5, 0.6) is 0 Å². The Bertz CT molecular complexity index is 576. The number of carbonyl (C=O) groups excluding carboxylic acids is 1. The van der Waals surface area contributed by atoms with Crippen molar-refractivity contribution in [2.75, 3.05) is 0 Å². The van der Waals surface area contributed by atoms with Gasteiger partial charge in [0.15, 0.2) is 0 Å². The molecule has 4 N–H and O–H groups in total. The molecule has 0 bridgehead atoms. The zero-order chi connectivity index (χ0) is 13.7. The largest absolute Gasteiger partial charge is 0.466 e. The number of halogens is 1. The van der Waals surface area contributed by atoms with Crippen molar-refractivity contribution in [2.45, 2.75) is 6.54 Å². The highest BCUT2D eigenvalue weighted by Crippen LogP contribution is 2.08. The standard InChI is InChI=1S/C13H12ClN3O2/c14-10-5-3-9(4-6-10)12(18)17-13(15)16-8-11-2-1-7-19-11/h1-7H,8H2,(H3,15,16,17,18)/p+1. The molecule has 2 rings (SSSR count). The number of carbonyl (C=O) groups is 1. The SMILES string of the molecule is NC(NC(=O)c1ccc(Cl)cc1)=[NH+]Cc1ccco1. The number of nitrogens with one attached hydrogen (secondary N) is 2. The van der Waals surface area contributed by atoms with Crippen molar-refractivity contribution in [1.29, 1.82) is 0 Å². The Balaban J connectivity index is 1.94. The average Bonchev–Trinajstić information content (AvgIpc) is 2.90. The first kappa shape index (κ1) is 13.2. The lowest BCUT2D eigenvalue weighted by molar-refractivity contribution is -0.480. The molecule has 98 valence electrons. The molecule has 0 fully saturated rings. The molecule has 6 heteroatoms. The summed E-state index contributed by atoms with van der Waals surface area (Å²) in [6.07, 6.45) is 1.57. The third-order valence-electron chi connectivity index (χ3n) is 2.39. The Kier molecular flexibility index (Phi) is 4.20. The summed E-state index contributed by atoms with van der Waals surface area (Å²) in [5.41, 5.74) is 6.14. The molecule has 0 atom stereocenters. The maximum atomic E-state index is 11.8. The number of guanidine groups is 1. The van der Waals surface area contributed by atoms with E-state index < -0.39 is 0 Å². The summed E-state index contributed by atoms with van der Waals surface area (Å²) in [6, 6.07) is 10.1. The molecule has 19 heavy (non-hydrogen) atoms. The van der Waals surface area contributed by atoms with E-state index in [0.717, 1.165) is 5.76 Å². The summed E-state index contributed by atoms with van der Waals surface area (Å²) in [6.45, 7) is 0.403. The van der Waals surface area contributed by atoms with Crippen molar-refractivity contribution in [3.8, 4) is 0 Å². The topological polar surface area (TPSA) is 82.2 Å². The maximum Gasteiger partial charge on any atom is 0.349 e. The minimum Gasteiger partial charge on any atom is -0.466 e. The highest BCUT2D eigenvalue weighted by atomic mass is 35.5. The summed E-state index contributed by atoms with van der Waals surface area (Å²) in [5, 5.41) is 3.11. The molecule has 0 saturated carbocycles. The van der Waals surface area contributed by atoms with Crippen LogP contribution < -0.4 is 16.0 Å². The monoisotopic (exact) mass is 278 g/mol. The Morgan fingerprint density at radius 3 is 2.68 bits per heavy atom. The van der Waals surface area contributed by atoms with Crippen LogP contribution >= 0.6 is 11.6 Å². The summed E-state index contributed by atoms with van der Waals surface area (Å²) in [4.78, 5) is 14.6. The number of furan rings is 1. The van der Waals surface area contributed by atoms with Gasteiger partial charge in [-0.05, 0) is 36.4 Å². The molecule has 1 aromatic heterocycles. The van der Waals surface area contributed by atoms with Gasteiger partial charge in [0.1, 0.15) is 12.3 Å². The quantitative estimate of drug-likeness (QED) is 0.556. The van der Waals surface area contributed by atoms with Gasteiger partial charge in [0.25, 0.3) is 0 Å². The Morgan fingerprint density at radius 1 is 1.32 bits per heavy atom. The Labute approximate surface area is 115 Å². The number of hydrogen-bond donors (Lipinski definition) is 3. The second-order valence-corrected chi connectivity index (χ2v) is 4.24. The molecule has 5 nitrogen and oxygen atoms in total. The molecule has 0 spiro atoms. The van der Waals surface area contributed by atoms with Gasteiger partial charge in [-0.25, -0.2) is 5.32 Å². The molecule has 1 amide bonds. The van der Waals surface area contributed by atoms with E-state index >= 15 is 0 Å². The number of nitrogens with two attached hydrogens (primary N) is 1. The second-order valence-electron chi connectivity index (χ2n) is 3.81. The van der Waals surface area contributed by atoms with Crippen LogP contribution in [0.2, 0.25) is 5.02 Å². The van der Waals surface area contributed by atoms with E-state index in [1.54, 1.807) is 42.7 Å². The van der Waals surface area contributed by atoms with Crippen molar-refractivity contribution < 1.29 is 14.2 Å². The van der Waals surface area contributed by atoms with Gasteiger partial charge in [0, 0.05) is 5.02 Å². The van der Waals surface area contributed by atoms with E-state index in [9.17, 15) is 4.79 Å². The zero-order valence-electron chi connectivity index (χ0n) is 10.0. The second kappa shape index (κ2) is 6.06. The molecular formula is C13H13ClN3O2+. The first-order chi connectivity index (χ1) is 9.15. The first-order valence-corrected chi connectivity index (χ1v) is 5.98. The van der Waals surface area contributed by atoms with E-state index in [0.29, 0.717) is 17.1 Å². The van der Waals surface area contributed by atoms with Crippen LogP contribution in [0.1, 0.15) is 16.1 Å². The number of amides is 1. The van der Waals surface area contributed by atoms with Crippen molar-refractivity contribution in [3.05, 3.63) is 59.0 Å². The average molecular weight is 279 g/mol. The lowest BCUT2D eigenvalue weighted by atomic mass is 10.2. The van der Waals surface area contributed by atoms with Crippen LogP contribution in [0, 0.1) is 0 Å². The fourth-order valence-corrected chi connectivity index (χ4v) is 1.56. The third kappa shape index (κ3) is 3.86. The maximum absolute atomic E-state index is 11.8. The van der Waals surface area contributed by atoms with Crippen molar-refractivity contribution in [1.82, 2.24) is 5.32 Å². The normalized spacial score (nSPS) is 11.3. The van der Waals surface area contributed by atoms with Gasteiger partial charge < -0.3 is 4.42 Å². The van der Waals surface area contributed by atoms with E-state index in [-0.39, 0.29) is 11.9 Å². The van der Waals surface area contributed by atoms with Gasteiger partial charge >= 0.3 is 11.9 Å². The van der Waals surface area contributed by atoms with E-state index in [2.05, 4.69) is 10.3 Å². The van der Waals surface area contributed by atoms with Crippen LogP contribution in [-0.4, -0.2) is 11.9 Å². The predicted molar refractivity (Wildman–Crippen MR) is 71.5 cm³/mol. The van der Waals surface area contributed by atoms with Crippen LogP contribution in [0.25, 0.3) is 0 Å². The smallest absolute Gasteiger partial charge is 0.349 e. The molecular weight excluding hydrogens is 266 g/mol. The number of rotatable bonds is 3. The van der Waals surface area contributed by atoms with Gasteiger partial charge in [-0.15, -0.1) is 0 Å². The lowest BCUT2D eigenvalue weighted by Crippen LogP contribution is -2.77. The molecule has 0 aliphatic rings. The molecule has 0 aliphatic carbocycles. The van der Waals surface area contributed by atoms with Crippen molar-refractivity contribution in [2.24, 2.45) is 5.73 Å². The Hall–Kier alpha value is -2.27. The minimum absolute atomic E-state index is 0.163. The molecule has 0 radical (unpaired) electrons. The fraction of sp³-hybridized carbons (Fsp3) is 0.0769.